The number of ether oxygens (including phenoxy) is 4. The van der Waals surface area contributed by atoms with Crippen molar-refractivity contribution in [2.75, 3.05) is 34.0 Å². The molecule has 2 aliphatic rings. The fraction of sp³-hybridized carbons (Fsp3) is 0.875. The molecule has 29 heavy (non-hydrogen) atoms. The van der Waals surface area contributed by atoms with E-state index in [1.54, 1.807) is 14.2 Å². The van der Waals surface area contributed by atoms with Crippen molar-refractivity contribution < 1.29 is 84.4 Å². The Morgan fingerprint density at radius 3 is 2.17 bits per heavy atom. The Morgan fingerprint density at radius 1 is 1.10 bits per heavy atom. The van der Waals surface area contributed by atoms with Gasteiger partial charge in [0.25, 0.3) is 0 Å². The quantitative estimate of drug-likeness (QED) is 0.348. The van der Waals surface area contributed by atoms with E-state index in [4.69, 9.17) is 24.4 Å². The molecule has 2 aliphatic heterocycles. The number of hydrogen-bond acceptors (Lipinski definition) is 9. The smallest absolute Gasteiger partial charge is 0.547 e. The Bertz CT molecular complexity index is 457. The van der Waals surface area contributed by atoms with Crippen LogP contribution in [0.3, 0.4) is 0 Å². The SMILES string of the molecule is COCC1OCC(NC(C)=O)CC1OC.O.O.O=C([O-])C1CC(O)C(O)CO1.[Na+]. The van der Waals surface area contributed by atoms with E-state index >= 15 is 0 Å². The minimum absolute atomic E-state index is 0. The number of carbonyl (C=O) groups is 2. The van der Waals surface area contributed by atoms with Gasteiger partial charge in [0.05, 0.1) is 50.1 Å². The minimum atomic E-state index is -1.35. The van der Waals surface area contributed by atoms with Gasteiger partial charge < -0.3 is 55.3 Å². The summed E-state index contributed by atoms with van der Waals surface area (Å²) in [5, 5.41) is 30.9. The van der Waals surface area contributed by atoms with Crippen molar-refractivity contribution in [1.82, 2.24) is 5.32 Å². The molecule has 7 N–H and O–H groups in total. The maximum absolute atomic E-state index is 10.9. The number of nitrogens with one attached hydrogen (secondary N) is 1. The van der Waals surface area contributed by atoms with E-state index < -0.39 is 24.3 Å². The molecule has 0 aromatic carbocycles. The van der Waals surface area contributed by atoms with Gasteiger partial charge in [-0.2, -0.15) is 0 Å². The Hall–Kier alpha value is -0.380. The molecule has 1 amide bonds. The minimum Gasteiger partial charge on any atom is -0.547 e. The van der Waals surface area contributed by atoms with Crippen LogP contribution >= 0.6 is 0 Å². The van der Waals surface area contributed by atoms with Crippen molar-refractivity contribution in [2.24, 2.45) is 0 Å². The van der Waals surface area contributed by atoms with Crippen LogP contribution in [0.1, 0.15) is 19.8 Å². The van der Waals surface area contributed by atoms with Crippen LogP contribution in [0, 0.1) is 0 Å². The predicted octanol–water partition coefficient (Wildman–Crippen LogP) is -7.46. The van der Waals surface area contributed by atoms with Crippen LogP contribution in [0.2, 0.25) is 0 Å². The molecule has 0 radical (unpaired) electrons. The average molecular weight is 437 g/mol. The molecule has 2 fully saturated rings. The van der Waals surface area contributed by atoms with Gasteiger partial charge in [-0.05, 0) is 6.42 Å². The molecule has 6 atom stereocenters. The standard InChI is InChI=1S/C10H19NO4.C6H10O5.Na.2H2O/c1-7(12)11-8-4-9(14-3)10(6-13-2)15-5-8;7-3-1-5(6(9)10)11-2-4(3)8;;;/h8-10H,4-6H2,1-3H3,(H,11,12);3-5,7-8H,1-2H2,(H,9,10);;2*1H2/q;;+1;;/p-1. The Morgan fingerprint density at radius 2 is 1.72 bits per heavy atom. The third-order valence-corrected chi connectivity index (χ3v) is 4.11. The van der Waals surface area contributed by atoms with Crippen molar-refractivity contribution in [1.29, 1.82) is 0 Å². The fourth-order valence-electron chi connectivity index (χ4n) is 2.74. The first-order chi connectivity index (χ1) is 12.3. The number of carbonyl (C=O) groups excluding carboxylic acids is 2. The number of amides is 1. The van der Waals surface area contributed by atoms with Gasteiger partial charge in [-0.3, -0.25) is 4.79 Å². The van der Waals surface area contributed by atoms with Crippen LogP contribution in [-0.2, 0) is 28.5 Å². The van der Waals surface area contributed by atoms with Gasteiger partial charge in [0, 0.05) is 27.6 Å². The molecule has 0 aliphatic carbocycles. The number of aliphatic carboxylic acids is 1. The normalized spacial score (nSPS) is 30.8. The van der Waals surface area contributed by atoms with Crippen LogP contribution in [0.25, 0.3) is 0 Å². The number of aliphatic hydroxyl groups is 2. The Kier molecular flexibility index (Phi) is 19.9. The molecule has 6 unspecified atom stereocenters. The summed E-state index contributed by atoms with van der Waals surface area (Å²) in [7, 11) is 3.28. The van der Waals surface area contributed by atoms with Crippen molar-refractivity contribution in [3.05, 3.63) is 0 Å². The monoisotopic (exact) mass is 437 g/mol. The molecule has 0 aromatic heterocycles. The second-order valence-corrected chi connectivity index (χ2v) is 6.25. The average Bonchev–Trinajstić information content (AvgIpc) is 2.58. The topological polar surface area (TPSA) is 210 Å². The molecule has 0 spiro atoms. The largest absolute Gasteiger partial charge is 1.00 e. The Labute approximate surface area is 191 Å². The van der Waals surface area contributed by atoms with Crippen molar-refractivity contribution >= 4 is 11.9 Å². The molecule has 13 heteroatoms. The second kappa shape index (κ2) is 17.3. The van der Waals surface area contributed by atoms with E-state index in [-0.39, 0.29) is 77.7 Å². The van der Waals surface area contributed by atoms with Gasteiger partial charge in [-0.25, -0.2) is 0 Å². The molecule has 0 saturated carbocycles. The second-order valence-electron chi connectivity index (χ2n) is 6.25. The summed E-state index contributed by atoms with van der Waals surface area (Å²) in [6.07, 6.45) is -2.49. The number of rotatable bonds is 5. The van der Waals surface area contributed by atoms with E-state index in [0.717, 1.165) is 6.42 Å². The summed E-state index contributed by atoms with van der Waals surface area (Å²) < 4.78 is 20.6. The number of carboxylic acid groups (broad SMARTS) is 1. The summed E-state index contributed by atoms with van der Waals surface area (Å²) >= 11 is 0. The summed E-state index contributed by atoms with van der Waals surface area (Å²) in [6, 6.07) is 0.0422. The molecule has 2 saturated heterocycles. The van der Waals surface area contributed by atoms with E-state index in [9.17, 15) is 14.7 Å². The van der Waals surface area contributed by atoms with Gasteiger partial charge in [0.2, 0.25) is 5.91 Å². The van der Waals surface area contributed by atoms with Gasteiger partial charge in [0.1, 0.15) is 12.2 Å². The maximum Gasteiger partial charge on any atom is 1.00 e. The molecule has 0 bridgehead atoms. The number of aliphatic hydroxyl groups excluding tert-OH is 2. The molecular weight excluding hydrogens is 405 g/mol. The van der Waals surface area contributed by atoms with Gasteiger partial charge >= 0.3 is 29.6 Å². The summed E-state index contributed by atoms with van der Waals surface area (Å²) in [6.45, 7) is 2.39. The van der Waals surface area contributed by atoms with E-state index in [0.29, 0.717) is 13.2 Å². The molecule has 0 aromatic rings. The van der Waals surface area contributed by atoms with Crippen LogP contribution in [0.15, 0.2) is 0 Å². The molecular formula is C16H32NNaO11. The van der Waals surface area contributed by atoms with Crippen molar-refractivity contribution in [3.63, 3.8) is 0 Å². The zero-order valence-electron chi connectivity index (χ0n) is 17.3. The van der Waals surface area contributed by atoms with E-state index in [1.165, 1.54) is 6.92 Å². The van der Waals surface area contributed by atoms with Crippen LogP contribution in [0.5, 0.6) is 0 Å². The van der Waals surface area contributed by atoms with Gasteiger partial charge in [-0.15, -0.1) is 0 Å². The van der Waals surface area contributed by atoms with Gasteiger partial charge in [0.15, 0.2) is 0 Å². The molecule has 2 heterocycles. The van der Waals surface area contributed by atoms with Crippen LogP contribution < -0.4 is 40.0 Å². The van der Waals surface area contributed by atoms with Gasteiger partial charge in [-0.1, -0.05) is 0 Å². The van der Waals surface area contributed by atoms with Crippen LogP contribution in [0.4, 0.5) is 0 Å². The number of hydrogen-bond donors (Lipinski definition) is 3. The Balaban J connectivity index is -0.000000437. The molecule has 168 valence electrons. The van der Waals surface area contributed by atoms with Crippen molar-refractivity contribution in [3.8, 4) is 0 Å². The zero-order chi connectivity index (χ0) is 19.7. The van der Waals surface area contributed by atoms with E-state index in [2.05, 4.69) is 10.1 Å². The number of carboxylic acids is 1. The summed E-state index contributed by atoms with van der Waals surface area (Å²) in [5.74, 6) is -1.39. The van der Waals surface area contributed by atoms with Crippen molar-refractivity contribution in [2.45, 2.75) is 56.3 Å². The molecule has 12 nitrogen and oxygen atoms in total. The first-order valence-corrected chi connectivity index (χ1v) is 8.37. The first-order valence-electron chi connectivity index (χ1n) is 8.37. The first kappa shape index (κ1) is 33.3. The number of methoxy groups -OCH3 is 2. The predicted molar refractivity (Wildman–Crippen MR) is 93.2 cm³/mol. The maximum atomic E-state index is 10.9. The van der Waals surface area contributed by atoms with E-state index in [1.807, 2.05) is 0 Å². The zero-order valence-corrected chi connectivity index (χ0v) is 19.3. The third kappa shape index (κ3) is 12.2. The third-order valence-electron chi connectivity index (χ3n) is 4.11. The summed E-state index contributed by atoms with van der Waals surface area (Å²) in [4.78, 5) is 21.1. The summed E-state index contributed by atoms with van der Waals surface area (Å²) in [5.41, 5.74) is 0. The fourth-order valence-corrected chi connectivity index (χ4v) is 2.74. The van der Waals surface area contributed by atoms with Crippen LogP contribution in [-0.4, -0.2) is 104 Å². The molecule has 2 rings (SSSR count).